The van der Waals surface area contributed by atoms with E-state index in [1.807, 2.05) is 0 Å². The molecule has 0 unspecified atom stereocenters. The lowest BCUT2D eigenvalue weighted by Gasteiger charge is -2.01. The monoisotopic (exact) mass is 374 g/mol. The minimum absolute atomic E-state index is 0.992. The van der Waals surface area contributed by atoms with Crippen LogP contribution in [0.3, 0.4) is 0 Å². The molecule has 0 aliphatic carbocycles. The van der Waals surface area contributed by atoms with Gasteiger partial charge < -0.3 is 0 Å². The first-order valence-corrected chi connectivity index (χ1v) is 11.1. The van der Waals surface area contributed by atoms with Crippen LogP contribution in [0.1, 0.15) is 108 Å². The Morgan fingerprint density at radius 2 is 0.889 bits per heavy atom. The van der Waals surface area contributed by atoms with Crippen LogP contribution in [0.25, 0.3) is 0 Å². The van der Waals surface area contributed by atoms with Crippen molar-refractivity contribution in [2.24, 2.45) is 0 Å². The number of H-pyrrole nitrogens is 2. The van der Waals surface area contributed by atoms with Crippen molar-refractivity contribution in [2.75, 3.05) is 0 Å². The van der Waals surface area contributed by atoms with Crippen molar-refractivity contribution in [3.63, 3.8) is 0 Å². The molecule has 152 valence electrons. The molecule has 0 bridgehead atoms. The van der Waals surface area contributed by atoms with Crippen LogP contribution in [0.2, 0.25) is 0 Å². The Bertz CT molecular complexity index is 551. The minimum atomic E-state index is 0.992. The summed E-state index contributed by atoms with van der Waals surface area (Å²) in [7, 11) is 0. The van der Waals surface area contributed by atoms with E-state index in [4.69, 9.17) is 0 Å². The molecule has 0 aromatic carbocycles. The van der Waals surface area contributed by atoms with Crippen LogP contribution in [-0.2, 0) is 25.7 Å². The fourth-order valence-corrected chi connectivity index (χ4v) is 3.39. The smallest absolute Gasteiger partial charge is 0.150 e. The molecule has 2 N–H and O–H groups in total. The van der Waals surface area contributed by atoms with Crippen molar-refractivity contribution in [1.29, 1.82) is 0 Å². The fourth-order valence-electron chi connectivity index (χ4n) is 3.39. The molecule has 0 fully saturated rings. The normalized spacial score (nSPS) is 11.3. The maximum atomic E-state index is 4.53. The molecule has 0 amide bonds. The summed E-state index contributed by atoms with van der Waals surface area (Å²) >= 11 is 0. The molecule has 0 saturated carbocycles. The molecule has 0 atom stereocenters. The van der Waals surface area contributed by atoms with E-state index in [2.05, 4.69) is 44.2 Å². The molecular weight excluding hydrogens is 336 g/mol. The van der Waals surface area contributed by atoms with Crippen LogP contribution < -0.4 is 0 Å². The summed E-state index contributed by atoms with van der Waals surface area (Å²) in [6.07, 6.45) is 18.0. The van der Waals surface area contributed by atoms with Gasteiger partial charge in [-0.1, -0.05) is 58.8 Å². The van der Waals surface area contributed by atoms with Gasteiger partial charge in [-0.2, -0.15) is 10.2 Å². The molecule has 6 nitrogen and oxygen atoms in total. The maximum absolute atomic E-state index is 4.53. The third kappa shape index (κ3) is 9.16. The van der Waals surface area contributed by atoms with Crippen LogP contribution in [0.15, 0.2) is 0 Å². The molecular formula is C21H38N6. The van der Waals surface area contributed by atoms with E-state index in [1.54, 1.807) is 0 Å². The standard InChI is InChI=1S/C21H38N6/c1-3-14-18-22-20(26-24-18)16-12-10-8-6-5-7-9-11-13-17-21-23-19(15-4-2)25-27-21/h3-17H2,1-2H3,(H,22,24,26)(H,23,25,27). The van der Waals surface area contributed by atoms with Crippen molar-refractivity contribution in [3.05, 3.63) is 23.3 Å². The van der Waals surface area contributed by atoms with Gasteiger partial charge in [0.2, 0.25) is 0 Å². The molecule has 6 heteroatoms. The SMILES string of the molecule is CCCc1nc(CCCCCCCCCCCc2n[nH]c(CCC)n2)n[nH]1. The summed E-state index contributed by atoms with van der Waals surface area (Å²) < 4.78 is 0. The molecule has 0 saturated heterocycles. The third-order valence-electron chi connectivity index (χ3n) is 4.93. The van der Waals surface area contributed by atoms with E-state index in [1.165, 1.54) is 57.8 Å². The van der Waals surface area contributed by atoms with Crippen LogP contribution in [0.4, 0.5) is 0 Å². The first-order valence-electron chi connectivity index (χ1n) is 11.1. The van der Waals surface area contributed by atoms with Gasteiger partial charge in [0.25, 0.3) is 0 Å². The van der Waals surface area contributed by atoms with Gasteiger partial charge in [-0.25, -0.2) is 9.97 Å². The van der Waals surface area contributed by atoms with Gasteiger partial charge in [0, 0.05) is 25.7 Å². The Morgan fingerprint density at radius 3 is 1.26 bits per heavy atom. The summed E-state index contributed by atoms with van der Waals surface area (Å²) in [5.74, 6) is 4.06. The Labute approximate surface area is 164 Å². The number of hydrogen-bond donors (Lipinski definition) is 2. The fraction of sp³-hybridized carbons (Fsp3) is 0.810. The average molecular weight is 375 g/mol. The van der Waals surface area contributed by atoms with E-state index in [0.717, 1.165) is 61.8 Å². The number of aromatic amines is 2. The van der Waals surface area contributed by atoms with E-state index < -0.39 is 0 Å². The van der Waals surface area contributed by atoms with Crippen LogP contribution in [-0.4, -0.2) is 30.4 Å². The lowest BCUT2D eigenvalue weighted by molar-refractivity contribution is 0.554. The van der Waals surface area contributed by atoms with Crippen LogP contribution >= 0.6 is 0 Å². The molecule has 0 spiro atoms. The van der Waals surface area contributed by atoms with Gasteiger partial charge in [-0.05, 0) is 25.7 Å². The summed E-state index contributed by atoms with van der Waals surface area (Å²) in [5.41, 5.74) is 0. The zero-order valence-corrected chi connectivity index (χ0v) is 17.4. The van der Waals surface area contributed by atoms with Crippen molar-refractivity contribution in [3.8, 4) is 0 Å². The molecule has 2 heterocycles. The topological polar surface area (TPSA) is 83.1 Å². The van der Waals surface area contributed by atoms with E-state index >= 15 is 0 Å². The Kier molecular flexibility index (Phi) is 10.7. The van der Waals surface area contributed by atoms with Crippen molar-refractivity contribution >= 4 is 0 Å². The number of rotatable bonds is 16. The van der Waals surface area contributed by atoms with Crippen molar-refractivity contribution < 1.29 is 0 Å². The van der Waals surface area contributed by atoms with E-state index in [0.29, 0.717) is 0 Å². The Hall–Kier alpha value is -1.72. The second kappa shape index (κ2) is 13.4. The largest absolute Gasteiger partial charge is 0.263 e. The van der Waals surface area contributed by atoms with Gasteiger partial charge in [0.05, 0.1) is 0 Å². The zero-order valence-electron chi connectivity index (χ0n) is 17.4. The van der Waals surface area contributed by atoms with E-state index in [-0.39, 0.29) is 0 Å². The lowest BCUT2D eigenvalue weighted by atomic mass is 10.1. The van der Waals surface area contributed by atoms with E-state index in [9.17, 15) is 0 Å². The van der Waals surface area contributed by atoms with Gasteiger partial charge in [-0.15, -0.1) is 0 Å². The minimum Gasteiger partial charge on any atom is -0.263 e. The molecule has 0 aliphatic heterocycles. The van der Waals surface area contributed by atoms with Gasteiger partial charge in [0.1, 0.15) is 11.6 Å². The van der Waals surface area contributed by atoms with Crippen molar-refractivity contribution in [2.45, 2.75) is 110 Å². The molecule has 27 heavy (non-hydrogen) atoms. The average Bonchev–Trinajstić information content (AvgIpc) is 3.30. The molecule has 2 aromatic heterocycles. The molecule has 2 aromatic rings. The second-order valence-corrected chi connectivity index (χ2v) is 7.58. The number of nitrogens with one attached hydrogen (secondary N) is 2. The number of hydrogen-bond acceptors (Lipinski definition) is 4. The summed E-state index contributed by atoms with van der Waals surface area (Å²) in [6, 6.07) is 0. The van der Waals surface area contributed by atoms with Gasteiger partial charge >= 0.3 is 0 Å². The number of unbranched alkanes of at least 4 members (excludes halogenated alkanes) is 8. The summed E-state index contributed by atoms with van der Waals surface area (Å²) in [4.78, 5) is 9.06. The van der Waals surface area contributed by atoms with Crippen molar-refractivity contribution in [1.82, 2.24) is 30.4 Å². The highest BCUT2D eigenvalue weighted by atomic mass is 15.2. The quantitative estimate of drug-likeness (QED) is 0.399. The molecule has 0 aliphatic rings. The first-order chi connectivity index (χ1) is 13.3. The predicted octanol–water partition coefficient (Wildman–Crippen LogP) is 5.12. The van der Waals surface area contributed by atoms with Crippen LogP contribution in [0.5, 0.6) is 0 Å². The highest BCUT2D eigenvalue weighted by molar-refractivity contribution is 4.91. The second-order valence-electron chi connectivity index (χ2n) is 7.58. The Balaban J connectivity index is 1.37. The zero-order chi connectivity index (χ0) is 19.2. The molecule has 2 rings (SSSR count). The number of nitrogens with zero attached hydrogens (tertiary/aromatic N) is 4. The number of aryl methyl sites for hydroxylation is 4. The summed E-state index contributed by atoms with van der Waals surface area (Å²) in [5, 5.41) is 14.7. The highest BCUT2D eigenvalue weighted by Gasteiger charge is 2.03. The van der Waals surface area contributed by atoms with Gasteiger partial charge in [-0.3, -0.25) is 10.2 Å². The Morgan fingerprint density at radius 1 is 0.519 bits per heavy atom. The predicted molar refractivity (Wildman–Crippen MR) is 110 cm³/mol. The third-order valence-corrected chi connectivity index (χ3v) is 4.93. The van der Waals surface area contributed by atoms with Crippen LogP contribution in [0, 0.1) is 0 Å². The van der Waals surface area contributed by atoms with Gasteiger partial charge in [0.15, 0.2) is 11.6 Å². The molecule has 0 radical (unpaired) electrons. The lowest BCUT2D eigenvalue weighted by Crippen LogP contribution is -1.91. The highest BCUT2D eigenvalue weighted by Crippen LogP contribution is 2.12. The first kappa shape index (κ1) is 21.6. The number of aromatic nitrogens is 6. The maximum Gasteiger partial charge on any atom is 0.150 e. The summed E-state index contributed by atoms with van der Waals surface area (Å²) in [6.45, 7) is 4.34.